The lowest BCUT2D eigenvalue weighted by atomic mass is 9.93. The number of aliphatic imine (C=N–C) groups is 1. The summed E-state index contributed by atoms with van der Waals surface area (Å²) in [6.45, 7) is 5.11. The molecule has 0 aliphatic carbocycles. The van der Waals surface area contributed by atoms with Crippen LogP contribution in [0, 0.1) is 5.92 Å². The maximum absolute atomic E-state index is 12.9. The third-order valence-electron chi connectivity index (χ3n) is 6.15. The fraction of sp³-hybridized carbons (Fsp3) is 0.500. The summed E-state index contributed by atoms with van der Waals surface area (Å²) in [6, 6.07) is 8.56. The van der Waals surface area contributed by atoms with Crippen LogP contribution in [0.25, 0.3) is 0 Å². The molecule has 1 aromatic heterocycles. The number of likely N-dealkylation sites (tertiary alicyclic amines) is 1. The van der Waals surface area contributed by atoms with Crippen molar-refractivity contribution in [2.24, 2.45) is 10.9 Å². The summed E-state index contributed by atoms with van der Waals surface area (Å²) in [7, 11) is 1.78. The van der Waals surface area contributed by atoms with E-state index in [0.717, 1.165) is 50.5 Å². The molecule has 30 heavy (non-hydrogen) atoms. The number of anilines is 1. The molecular weight excluding hydrogens is 491 g/mol. The molecular formula is C22H31IN6O. The van der Waals surface area contributed by atoms with Gasteiger partial charge in [0.15, 0.2) is 5.96 Å². The number of imidazole rings is 1. The number of benzene rings is 1. The fourth-order valence-electron chi connectivity index (χ4n) is 4.47. The molecule has 1 fully saturated rings. The number of para-hydroxylation sites is 1. The Kier molecular flexibility index (Phi) is 7.74. The molecule has 162 valence electrons. The largest absolute Gasteiger partial charge is 0.347 e. The Morgan fingerprint density at radius 2 is 2.13 bits per heavy atom. The zero-order valence-electron chi connectivity index (χ0n) is 17.7. The Morgan fingerprint density at radius 1 is 1.30 bits per heavy atom. The van der Waals surface area contributed by atoms with E-state index in [-0.39, 0.29) is 36.4 Å². The number of guanidine groups is 1. The number of hydrogen-bond donors (Lipinski definition) is 1. The average Bonchev–Trinajstić information content (AvgIpc) is 3.29. The van der Waals surface area contributed by atoms with E-state index >= 15 is 0 Å². The van der Waals surface area contributed by atoms with Crippen LogP contribution in [-0.2, 0) is 11.2 Å². The Bertz CT molecular complexity index is 868. The van der Waals surface area contributed by atoms with E-state index in [0.29, 0.717) is 12.0 Å². The van der Waals surface area contributed by atoms with Crippen LogP contribution >= 0.6 is 24.0 Å². The van der Waals surface area contributed by atoms with Crippen LogP contribution in [0.1, 0.15) is 31.4 Å². The number of carbonyl (C=O) groups excluding carboxylic acids is 1. The van der Waals surface area contributed by atoms with Crippen LogP contribution in [-0.4, -0.2) is 59.5 Å². The number of amides is 1. The van der Waals surface area contributed by atoms with Gasteiger partial charge in [0, 0.05) is 44.8 Å². The minimum Gasteiger partial charge on any atom is -0.347 e. The quantitative estimate of drug-likeness (QED) is 0.383. The Hall–Kier alpha value is -2.10. The molecule has 0 radical (unpaired) electrons. The van der Waals surface area contributed by atoms with Crippen LogP contribution in [0.15, 0.2) is 48.0 Å². The highest BCUT2D eigenvalue weighted by atomic mass is 127. The van der Waals surface area contributed by atoms with Gasteiger partial charge in [0.25, 0.3) is 0 Å². The number of carbonyl (C=O) groups is 1. The molecule has 8 heteroatoms. The van der Waals surface area contributed by atoms with Gasteiger partial charge in [-0.05, 0) is 36.8 Å². The zero-order valence-corrected chi connectivity index (χ0v) is 20.0. The minimum atomic E-state index is 0. The van der Waals surface area contributed by atoms with E-state index in [1.54, 1.807) is 7.05 Å². The number of nitrogens with zero attached hydrogens (tertiary/aromatic N) is 5. The van der Waals surface area contributed by atoms with Crippen molar-refractivity contribution in [3.05, 3.63) is 48.5 Å². The third kappa shape index (κ3) is 4.79. The minimum absolute atomic E-state index is 0. The lowest BCUT2D eigenvalue weighted by molar-refractivity contribution is -0.117. The molecule has 4 rings (SSSR count). The van der Waals surface area contributed by atoms with Crippen LogP contribution in [0.2, 0.25) is 0 Å². The molecule has 2 aliphatic rings. The Balaban J connectivity index is 0.00000256. The molecule has 0 saturated carbocycles. The highest BCUT2D eigenvalue weighted by Gasteiger charge is 2.29. The molecule has 1 saturated heterocycles. The predicted molar refractivity (Wildman–Crippen MR) is 131 cm³/mol. The average molecular weight is 522 g/mol. The van der Waals surface area contributed by atoms with Crippen molar-refractivity contribution < 1.29 is 4.79 Å². The van der Waals surface area contributed by atoms with Crippen molar-refractivity contribution in [2.45, 2.75) is 32.2 Å². The van der Waals surface area contributed by atoms with Crippen molar-refractivity contribution in [1.29, 1.82) is 0 Å². The SMILES string of the molecule is CN=C(NCC(=O)N1CCCc2ccccc21)N1CCC(C)C(n2ccnc2)C1.I. The molecule has 0 spiro atoms. The molecule has 2 unspecified atom stereocenters. The number of fused-ring (bicyclic) bond motifs is 1. The molecule has 2 aliphatic heterocycles. The summed E-state index contributed by atoms with van der Waals surface area (Å²) < 4.78 is 2.18. The number of hydrogen-bond acceptors (Lipinski definition) is 3. The van der Waals surface area contributed by atoms with Gasteiger partial charge in [0.2, 0.25) is 5.91 Å². The summed E-state index contributed by atoms with van der Waals surface area (Å²) in [5.41, 5.74) is 2.30. The smallest absolute Gasteiger partial charge is 0.246 e. The lowest BCUT2D eigenvalue weighted by Gasteiger charge is -2.39. The van der Waals surface area contributed by atoms with Crippen LogP contribution in [0.4, 0.5) is 5.69 Å². The van der Waals surface area contributed by atoms with Gasteiger partial charge < -0.3 is 19.7 Å². The molecule has 1 aromatic carbocycles. The van der Waals surface area contributed by atoms with Gasteiger partial charge in [-0.2, -0.15) is 0 Å². The van der Waals surface area contributed by atoms with Crippen molar-refractivity contribution in [3.63, 3.8) is 0 Å². The van der Waals surface area contributed by atoms with Crippen molar-refractivity contribution >= 4 is 41.5 Å². The second kappa shape index (κ2) is 10.3. The van der Waals surface area contributed by atoms with E-state index in [1.807, 2.05) is 41.8 Å². The molecule has 3 heterocycles. The normalized spacial score (nSPS) is 21.6. The maximum Gasteiger partial charge on any atom is 0.246 e. The second-order valence-corrected chi connectivity index (χ2v) is 7.97. The number of aryl methyl sites for hydroxylation is 1. The summed E-state index contributed by atoms with van der Waals surface area (Å²) in [5, 5.41) is 3.31. The summed E-state index contributed by atoms with van der Waals surface area (Å²) in [5.74, 6) is 1.46. The first-order chi connectivity index (χ1) is 14.2. The van der Waals surface area contributed by atoms with Crippen LogP contribution in [0.5, 0.6) is 0 Å². The third-order valence-corrected chi connectivity index (χ3v) is 6.15. The molecule has 0 bridgehead atoms. The standard InChI is InChI=1S/C22H30N6O.HI/c1-17-9-12-26(15-20(17)27-13-10-24-16-27)22(23-2)25-14-21(29)28-11-5-7-18-6-3-4-8-19(18)28;/h3-4,6,8,10,13,16-17,20H,5,7,9,11-12,14-15H2,1-2H3,(H,23,25);1H. The summed E-state index contributed by atoms with van der Waals surface area (Å²) in [6.07, 6.45) is 8.87. The van der Waals surface area contributed by atoms with Gasteiger partial charge in [-0.25, -0.2) is 4.98 Å². The van der Waals surface area contributed by atoms with E-state index in [2.05, 4.69) is 37.8 Å². The van der Waals surface area contributed by atoms with E-state index in [1.165, 1.54) is 5.56 Å². The van der Waals surface area contributed by atoms with Crippen molar-refractivity contribution in [2.75, 3.05) is 38.1 Å². The summed E-state index contributed by atoms with van der Waals surface area (Å²) >= 11 is 0. The van der Waals surface area contributed by atoms with Crippen molar-refractivity contribution in [3.8, 4) is 0 Å². The van der Waals surface area contributed by atoms with Gasteiger partial charge in [0.1, 0.15) is 0 Å². The highest BCUT2D eigenvalue weighted by molar-refractivity contribution is 14.0. The molecule has 2 aromatic rings. The maximum atomic E-state index is 12.9. The topological polar surface area (TPSA) is 65.8 Å². The Morgan fingerprint density at radius 3 is 2.90 bits per heavy atom. The number of piperidine rings is 1. The first kappa shape index (κ1) is 22.6. The highest BCUT2D eigenvalue weighted by Crippen LogP contribution is 2.28. The number of rotatable bonds is 3. The van der Waals surface area contributed by atoms with Gasteiger partial charge >= 0.3 is 0 Å². The van der Waals surface area contributed by atoms with E-state index in [4.69, 9.17) is 0 Å². The van der Waals surface area contributed by atoms with Gasteiger partial charge in [-0.1, -0.05) is 25.1 Å². The Labute approximate surface area is 195 Å². The predicted octanol–water partition coefficient (Wildman–Crippen LogP) is 2.94. The molecule has 1 N–H and O–H groups in total. The van der Waals surface area contributed by atoms with Gasteiger partial charge in [0.05, 0.1) is 18.9 Å². The van der Waals surface area contributed by atoms with Crippen LogP contribution in [0.3, 0.4) is 0 Å². The first-order valence-corrected chi connectivity index (χ1v) is 10.5. The van der Waals surface area contributed by atoms with Gasteiger partial charge in [-0.3, -0.25) is 9.79 Å². The lowest BCUT2D eigenvalue weighted by Crippen LogP contribution is -2.51. The van der Waals surface area contributed by atoms with Crippen molar-refractivity contribution in [1.82, 2.24) is 19.8 Å². The zero-order chi connectivity index (χ0) is 20.2. The van der Waals surface area contributed by atoms with Gasteiger partial charge in [-0.15, -0.1) is 24.0 Å². The summed E-state index contributed by atoms with van der Waals surface area (Å²) in [4.78, 5) is 25.8. The number of nitrogens with one attached hydrogen (secondary N) is 1. The fourth-order valence-corrected chi connectivity index (χ4v) is 4.47. The molecule has 1 amide bonds. The van der Waals surface area contributed by atoms with E-state index < -0.39 is 0 Å². The van der Waals surface area contributed by atoms with E-state index in [9.17, 15) is 4.79 Å². The molecule has 2 atom stereocenters. The monoisotopic (exact) mass is 522 g/mol. The second-order valence-electron chi connectivity index (χ2n) is 7.97. The number of halogens is 1. The van der Waals surface area contributed by atoms with Crippen LogP contribution < -0.4 is 10.2 Å². The first-order valence-electron chi connectivity index (χ1n) is 10.5. The number of aromatic nitrogens is 2. The molecule has 7 nitrogen and oxygen atoms in total.